The number of hydrogen-bond donors (Lipinski definition) is 0. The summed E-state index contributed by atoms with van der Waals surface area (Å²) in [5.41, 5.74) is 1.08. The fourth-order valence-electron chi connectivity index (χ4n) is 4.42. The molecular formula is C27H38N2O5. The van der Waals surface area contributed by atoms with Gasteiger partial charge in [0.25, 0.3) is 0 Å². The van der Waals surface area contributed by atoms with Gasteiger partial charge in [0.2, 0.25) is 18.6 Å². The molecule has 0 bridgehead atoms. The highest BCUT2D eigenvalue weighted by Crippen LogP contribution is 2.33. The van der Waals surface area contributed by atoms with Crippen molar-refractivity contribution in [2.75, 3.05) is 13.3 Å². The molecule has 0 saturated carbocycles. The third-order valence-electron chi connectivity index (χ3n) is 5.82. The zero-order valence-electron chi connectivity index (χ0n) is 21.3. The lowest BCUT2D eigenvalue weighted by atomic mass is 9.84. The van der Waals surface area contributed by atoms with Crippen LogP contribution in [0.4, 0.5) is 0 Å². The van der Waals surface area contributed by atoms with Crippen LogP contribution in [-0.4, -0.2) is 41.0 Å². The van der Waals surface area contributed by atoms with Gasteiger partial charge in [0.05, 0.1) is 19.4 Å². The SMILES string of the molecule is CC(CC(=O)N(CC(=O)N(Cc1ccc2c(c1)OCO2)Cc1ccco1)C(C)C)CC(C)(C)C. The van der Waals surface area contributed by atoms with Gasteiger partial charge in [0, 0.05) is 19.0 Å². The van der Waals surface area contributed by atoms with Crippen molar-refractivity contribution in [3.05, 3.63) is 47.9 Å². The molecule has 2 amide bonds. The van der Waals surface area contributed by atoms with Crippen molar-refractivity contribution in [3.8, 4) is 11.5 Å². The van der Waals surface area contributed by atoms with Crippen molar-refractivity contribution in [1.29, 1.82) is 0 Å². The molecule has 1 aliphatic rings. The summed E-state index contributed by atoms with van der Waals surface area (Å²) < 4.78 is 16.4. The van der Waals surface area contributed by atoms with E-state index in [0.717, 1.165) is 12.0 Å². The van der Waals surface area contributed by atoms with Crippen LogP contribution in [0.3, 0.4) is 0 Å². The number of benzene rings is 1. The van der Waals surface area contributed by atoms with E-state index >= 15 is 0 Å². The Labute approximate surface area is 203 Å². The molecule has 1 aliphatic heterocycles. The van der Waals surface area contributed by atoms with Crippen molar-refractivity contribution < 1.29 is 23.5 Å². The molecule has 0 fully saturated rings. The van der Waals surface area contributed by atoms with Gasteiger partial charge in [0.1, 0.15) is 5.76 Å². The minimum absolute atomic E-state index is 0.0149. The molecule has 186 valence electrons. The molecule has 7 heteroatoms. The number of carbonyl (C=O) groups excluding carboxylic acids is 2. The Hall–Kier alpha value is -2.96. The number of carbonyl (C=O) groups is 2. The minimum atomic E-state index is -0.125. The molecule has 7 nitrogen and oxygen atoms in total. The van der Waals surface area contributed by atoms with Crippen LogP contribution < -0.4 is 9.47 Å². The highest BCUT2D eigenvalue weighted by atomic mass is 16.7. The van der Waals surface area contributed by atoms with Gasteiger partial charge in [-0.15, -0.1) is 0 Å². The molecular weight excluding hydrogens is 432 g/mol. The Kier molecular flexibility index (Phi) is 8.28. The summed E-state index contributed by atoms with van der Waals surface area (Å²) in [5, 5.41) is 0. The van der Waals surface area contributed by atoms with Crippen molar-refractivity contribution in [3.63, 3.8) is 0 Å². The quantitative estimate of drug-likeness (QED) is 0.475. The summed E-state index contributed by atoms with van der Waals surface area (Å²) in [5.74, 6) is 2.20. The van der Waals surface area contributed by atoms with E-state index in [9.17, 15) is 9.59 Å². The van der Waals surface area contributed by atoms with Crippen molar-refractivity contribution >= 4 is 11.8 Å². The zero-order valence-corrected chi connectivity index (χ0v) is 21.3. The summed E-state index contributed by atoms with van der Waals surface area (Å²) in [6.07, 6.45) is 2.98. The predicted molar refractivity (Wildman–Crippen MR) is 130 cm³/mol. The van der Waals surface area contributed by atoms with Crippen LogP contribution >= 0.6 is 0 Å². The fourth-order valence-corrected chi connectivity index (χ4v) is 4.42. The normalized spacial score (nSPS) is 13.7. The van der Waals surface area contributed by atoms with E-state index in [1.54, 1.807) is 22.1 Å². The van der Waals surface area contributed by atoms with E-state index in [4.69, 9.17) is 13.9 Å². The van der Waals surface area contributed by atoms with E-state index in [0.29, 0.717) is 36.8 Å². The van der Waals surface area contributed by atoms with Gasteiger partial charge in [-0.25, -0.2) is 0 Å². The second-order valence-corrected chi connectivity index (χ2v) is 10.7. The van der Waals surface area contributed by atoms with Gasteiger partial charge in [-0.2, -0.15) is 0 Å². The van der Waals surface area contributed by atoms with Gasteiger partial charge in [-0.1, -0.05) is 33.8 Å². The number of ether oxygens (including phenoxy) is 2. The number of hydrogen-bond acceptors (Lipinski definition) is 5. The molecule has 1 aromatic carbocycles. The Morgan fingerprint density at radius 2 is 1.74 bits per heavy atom. The lowest BCUT2D eigenvalue weighted by Crippen LogP contribution is -2.46. The summed E-state index contributed by atoms with van der Waals surface area (Å²) in [4.78, 5) is 30.0. The van der Waals surface area contributed by atoms with E-state index in [1.807, 2.05) is 38.1 Å². The molecule has 1 atom stereocenters. The molecule has 0 N–H and O–H groups in total. The Morgan fingerprint density at radius 1 is 1.00 bits per heavy atom. The maximum absolute atomic E-state index is 13.5. The van der Waals surface area contributed by atoms with E-state index in [1.165, 1.54) is 0 Å². The second-order valence-electron chi connectivity index (χ2n) is 10.7. The first-order valence-electron chi connectivity index (χ1n) is 12.0. The fraction of sp³-hybridized carbons (Fsp3) is 0.556. The van der Waals surface area contributed by atoms with Crippen molar-refractivity contribution in [2.24, 2.45) is 11.3 Å². The first-order valence-corrected chi connectivity index (χ1v) is 12.0. The summed E-state index contributed by atoms with van der Waals surface area (Å²) >= 11 is 0. The maximum atomic E-state index is 13.5. The lowest BCUT2D eigenvalue weighted by molar-refractivity contribution is -0.143. The highest BCUT2D eigenvalue weighted by Gasteiger charge is 2.27. The number of rotatable bonds is 10. The largest absolute Gasteiger partial charge is 0.467 e. The topological polar surface area (TPSA) is 72.2 Å². The average Bonchev–Trinajstić information content (AvgIpc) is 3.40. The molecule has 2 heterocycles. The standard InChI is InChI=1S/C27H38N2O5/c1-19(2)29(25(30)12-20(3)14-27(4,5)6)17-26(31)28(16-22-8-7-11-32-22)15-21-9-10-23-24(13-21)34-18-33-23/h7-11,13,19-20H,12,14-18H2,1-6H3. The zero-order chi connectivity index (χ0) is 24.9. The first-order chi connectivity index (χ1) is 16.0. The Balaban J connectivity index is 1.72. The molecule has 0 radical (unpaired) electrons. The molecule has 2 aromatic rings. The van der Waals surface area contributed by atoms with Gasteiger partial charge in [-0.3, -0.25) is 9.59 Å². The number of amides is 2. The molecule has 0 saturated heterocycles. The molecule has 0 spiro atoms. The smallest absolute Gasteiger partial charge is 0.242 e. The van der Waals surface area contributed by atoms with Crippen LogP contribution in [0, 0.1) is 11.3 Å². The summed E-state index contributed by atoms with van der Waals surface area (Å²) in [6.45, 7) is 13.5. The molecule has 1 aromatic heterocycles. The first kappa shape index (κ1) is 25.7. The average molecular weight is 471 g/mol. The number of nitrogens with zero attached hydrogens (tertiary/aromatic N) is 2. The summed E-state index contributed by atoms with van der Waals surface area (Å²) in [7, 11) is 0. The maximum Gasteiger partial charge on any atom is 0.242 e. The van der Waals surface area contributed by atoms with Crippen LogP contribution in [0.5, 0.6) is 11.5 Å². The summed E-state index contributed by atoms with van der Waals surface area (Å²) in [6, 6.07) is 9.25. The number of furan rings is 1. The molecule has 3 rings (SSSR count). The number of fused-ring (bicyclic) bond motifs is 1. The third-order valence-corrected chi connectivity index (χ3v) is 5.82. The van der Waals surface area contributed by atoms with Crippen LogP contribution in [0.15, 0.2) is 41.0 Å². The predicted octanol–water partition coefficient (Wildman–Crippen LogP) is 5.24. The van der Waals surface area contributed by atoms with E-state index < -0.39 is 0 Å². The second kappa shape index (κ2) is 11.0. The van der Waals surface area contributed by atoms with Gasteiger partial charge >= 0.3 is 0 Å². The van der Waals surface area contributed by atoms with E-state index in [2.05, 4.69) is 27.7 Å². The van der Waals surface area contributed by atoms with Crippen molar-refractivity contribution in [1.82, 2.24) is 9.80 Å². The van der Waals surface area contributed by atoms with Gasteiger partial charge in [-0.05, 0) is 61.4 Å². The van der Waals surface area contributed by atoms with Crippen LogP contribution in [-0.2, 0) is 22.7 Å². The third kappa shape index (κ3) is 7.27. The lowest BCUT2D eigenvalue weighted by Gasteiger charge is -2.31. The van der Waals surface area contributed by atoms with Crippen LogP contribution in [0.1, 0.15) is 65.7 Å². The van der Waals surface area contributed by atoms with Crippen molar-refractivity contribution in [2.45, 2.75) is 73.5 Å². The minimum Gasteiger partial charge on any atom is -0.467 e. The van der Waals surface area contributed by atoms with Crippen LogP contribution in [0.2, 0.25) is 0 Å². The van der Waals surface area contributed by atoms with Crippen LogP contribution in [0.25, 0.3) is 0 Å². The highest BCUT2D eigenvalue weighted by molar-refractivity contribution is 5.85. The Morgan fingerprint density at radius 3 is 2.38 bits per heavy atom. The molecule has 1 unspecified atom stereocenters. The molecule has 0 aliphatic carbocycles. The van der Waals surface area contributed by atoms with Gasteiger partial charge < -0.3 is 23.7 Å². The van der Waals surface area contributed by atoms with E-state index in [-0.39, 0.29) is 42.5 Å². The van der Waals surface area contributed by atoms with Gasteiger partial charge in [0.15, 0.2) is 11.5 Å². The monoisotopic (exact) mass is 470 g/mol. The Bertz CT molecular complexity index is 962. The molecule has 34 heavy (non-hydrogen) atoms.